The molecule has 0 saturated carbocycles. The Labute approximate surface area is 70.2 Å². The molecular formula is C6H14N2O4. The fraction of sp³-hybridized carbons (Fsp3) is 0.667. The smallest absolute Gasteiger partial charge is 0.217 e. The maximum Gasteiger partial charge on any atom is 0.217 e. The average Bonchev–Trinajstić information content (AvgIpc) is 2.01. The van der Waals surface area contributed by atoms with Gasteiger partial charge in [-0.25, -0.2) is 0 Å². The molecule has 0 unspecified atom stereocenters. The van der Waals surface area contributed by atoms with Gasteiger partial charge in [0.05, 0.1) is 13.2 Å². The van der Waals surface area contributed by atoms with Gasteiger partial charge in [-0.15, -0.1) is 0 Å². The van der Waals surface area contributed by atoms with Crippen molar-refractivity contribution in [3.05, 3.63) is 0 Å². The van der Waals surface area contributed by atoms with Gasteiger partial charge in [-0.1, -0.05) is 0 Å². The Morgan fingerprint density at radius 2 is 1.17 bits per heavy atom. The summed E-state index contributed by atoms with van der Waals surface area (Å²) in [6.45, 7) is -0.250. The Hall–Kier alpha value is -1.14. The lowest BCUT2D eigenvalue weighted by Crippen LogP contribution is -2.16. The van der Waals surface area contributed by atoms with E-state index < -0.39 is 11.8 Å². The maximum absolute atomic E-state index is 9.92. The number of hydrogen-bond acceptors (Lipinski definition) is 4. The van der Waals surface area contributed by atoms with Gasteiger partial charge in [0.1, 0.15) is 0 Å². The summed E-state index contributed by atoms with van der Waals surface area (Å²) in [6, 6.07) is 0. The largest absolute Gasteiger partial charge is 0.394 e. The summed E-state index contributed by atoms with van der Waals surface area (Å²) in [5.41, 5.74) is 9.39. The van der Waals surface area contributed by atoms with Gasteiger partial charge in [0.15, 0.2) is 0 Å². The minimum Gasteiger partial charge on any atom is -0.394 e. The highest BCUT2D eigenvalue weighted by Crippen LogP contribution is 1.82. The number of hydrogen-bond donors (Lipinski definition) is 4. The second-order valence-corrected chi connectivity index (χ2v) is 1.88. The molecule has 6 heteroatoms. The Balaban J connectivity index is 0. The molecule has 0 fully saturated rings. The normalized spacial score (nSPS) is 8.17. The standard InChI is InChI=1S/C4H8N2O2.C2H6O2/c5-3(7)1-2-4(6)8;3-1-2-4/h1-2H2,(H2,5,7)(H2,6,8);3-4H,1-2H2. The van der Waals surface area contributed by atoms with Gasteiger partial charge in [-0.3, -0.25) is 9.59 Å². The number of carbonyl (C=O) groups excluding carboxylic acids is 2. The highest BCUT2D eigenvalue weighted by molar-refractivity contribution is 5.81. The van der Waals surface area contributed by atoms with Gasteiger partial charge in [0.2, 0.25) is 11.8 Å². The molecule has 6 nitrogen and oxygen atoms in total. The second-order valence-electron chi connectivity index (χ2n) is 1.88. The molecule has 6 N–H and O–H groups in total. The van der Waals surface area contributed by atoms with E-state index >= 15 is 0 Å². The summed E-state index contributed by atoms with van der Waals surface area (Å²) in [7, 11) is 0. The molecule has 72 valence electrons. The molecule has 0 heterocycles. The lowest BCUT2D eigenvalue weighted by molar-refractivity contribution is -0.123. The minimum atomic E-state index is -0.496. The van der Waals surface area contributed by atoms with Crippen LogP contribution in [0.1, 0.15) is 12.8 Å². The number of primary amides is 2. The fourth-order valence-electron chi connectivity index (χ4n) is 0.246. The molecule has 0 saturated heterocycles. The van der Waals surface area contributed by atoms with Crippen LogP contribution in [0.3, 0.4) is 0 Å². The van der Waals surface area contributed by atoms with Crippen molar-refractivity contribution in [2.45, 2.75) is 12.8 Å². The molecule has 0 radical (unpaired) electrons. The molecule has 0 rings (SSSR count). The van der Waals surface area contributed by atoms with Crippen molar-refractivity contribution in [2.75, 3.05) is 13.2 Å². The van der Waals surface area contributed by atoms with Crippen LogP contribution in [0.25, 0.3) is 0 Å². The zero-order valence-electron chi connectivity index (χ0n) is 6.69. The van der Waals surface area contributed by atoms with Gasteiger partial charge in [-0.05, 0) is 0 Å². The zero-order chi connectivity index (χ0) is 9.98. The number of aliphatic hydroxyl groups excluding tert-OH is 2. The predicted molar refractivity (Wildman–Crippen MR) is 41.8 cm³/mol. The average molecular weight is 178 g/mol. The lowest BCUT2D eigenvalue weighted by atomic mass is 10.3. The molecule has 0 bridgehead atoms. The molecule has 0 aliphatic carbocycles. The molecule has 2 amide bonds. The number of carbonyl (C=O) groups is 2. The van der Waals surface area contributed by atoms with Crippen molar-refractivity contribution in [2.24, 2.45) is 11.5 Å². The molecule has 0 aromatic rings. The summed E-state index contributed by atoms with van der Waals surface area (Å²) >= 11 is 0. The minimum absolute atomic E-state index is 0.0509. The highest BCUT2D eigenvalue weighted by atomic mass is 16.3. The molecule has 12 heavy (non-hydrogen) atoms. The van der Waals surface area contributed by atoms with E-state index in [1.165, 1.54) is 0 Å². The predicted octanol–water partition coefficient (Wildman–Crippen LogP) is -2.29. The lowest BCUT2D eigenvalue weighted by Gasteiger charge is -1.87. The van der Waals surface area contributed by atoms with E-state index in [-0.39, 0.29) is 26.1 Å². The molecule has 0 aliphatic rings. The third kappa shape index (κ3) is 23.2. The first kappa shape index (κ1) is 13.4. The van der Waals surface area contributed by atoms with E-state index in [0.29, 0.717) is 0 Å². The molecule has 0 aromatic heterocycles. The van der Waals surface area contributed by atoms with Gasteiger partial charge >= 0.3 is 0 Å². The first-order valence-corrected chi connectivity index (χ1v) is 3.33. The van der Waals surface area contributed by atoms with Crippen LogP contribution in [0.15, 0.2) is 0 Å². The third-order valence-corrected chi connectivity index (χ3v) is 0.718. The SMILES string of the molecule is NC(=O)CCC(N)=O.OCCO. The van der Waals surface area contributed by atoms with Gasteiger partial charge in [-0.2, -0.15) is 0 Å². The van der Waals surface area contributed by atoms with Crippen LogP contribution < -0.4 is 11.5 Å². The summed E-state index contributed by atoms with van der Waals surface area (Å²) in [6.07, 6.45) is 0.102. The third-order valence-electron chi connectivity index (χ3n) is 0.718. The van der Waals surface area contributed by atoms with Crippen LogP contribution >= 0.6 is 0 Å². The number of aliphatic hydroxyl groups is 2. The van der Waals surface area contributed by atoms with Gasteiger partial charge in [0, 0.05) is 12.8 Å². The van der Waals surface area contributed by atoms with E-state index in [0.717, 1.165) is 0 Å². The highest BCUT2D eigenvalue weighted by Gasteiger charge is 1.96. The molecular weight excluding hydrogens is 164 g/mol. The van der Waals surface area contributed by atoms with Crippen LogP contribution in [0, 0.1) is 0 Å². The van der Waals surface area contributed by atoms with E-state index in [9.17, 15) is 9.59 Å². The molecule has 0 aromatic carbocycles. The van der Waals surface area contributed by atoms with Crippen LogP contribution in [0.4, 0.5) is 0 Å². The monoisotopic (exact) mass is 178 g/mol. The summed E-state index contributed by atoms with van der Waals surface area (Å²) in [5, 5.41) is 15.2. The van der Waals surface area contributed by atoms with Crippen LogP contribution in [0.5, 0.6) is 0 Å². The second kappa shape index (κ2) is 9.86. The number of amides is 2. The van der Waals surface area contributed by atoms with Crippen molar-refractivity contribution >= 4 is 11.8 Å². The molecule has 0 atom stereocenters. The Kier molecular flexibility index (Phi) is 11.1. The maximum atomic E-state index is 9.92. The Morgan fingerprint density at radius 1 is 0.917 bits per heavy atom. The summed E-state index contributed by atoms with van der Waals surface area (Å²) < 4.78 is 0. The number of rotatable bonds is 4. The van der Waals surface area contributed by atoms with E-state index in [1.54, 1.807) is 0 Å². The zero-order valence-corrected chi connectivity index (χ0v) is 6.69. The van der Waals surface area contributed by atoms with Crippen molar-refractivity contribution in [3.63, 3.8) is 0 Å². The van der Waals surface area contributed by atoms with Crippen molar-refractivity contribution in [3.8, 4) is 0 Å². The molecule has 0 spiro atoms. The number of nitrogens with two attached hydrogens (primary N) is 2. The van der Waals surface area contributed by atoms with Crippen LogP contribution in [-0.4, -0.2) is 35.2 Å². The summed E-state index contributed by atoms with van der Waals surface area (Å²) in [5.74, 6) is -0.993. The Morgan fingerprint density at radius 3 is 1.25 bits per heavy atom. The van der Waals surface area contributed by atoms with Crippen LogP contribution in [-0.2, 0) is 9.59 Å². The first-order chi connectivity index (χ1) is 5.54. The summed E-state index contributed by atoms with van der Waals surface area (Å²) in [4.78, 5) is 19.8. The van der Waals surface area contributed by atoms with E-state index in [2.05, 4.69) is 0 Å². The van der Waals surface area contributed by atoms with Crippen molar-refractivity contribution in [1.29, 1.82) is 0 Å². The van der Waals surface area contributed by atoms with Gasteiger partial charge < -0.3 is 21.7 Å². The fourth-order valence-corrected chi connectivity index (χ4v) is 0.246. The van der Waals surface area contributed by atoms with Crippen LogP contribution in [0.2, 0.25) is 0 Å². The first-order valence-electron chi connectivity index (χ1n) is 3.33. The van der Waals surface area contributed by atoms with Crippen molar-refractivity contribution < 1.29 is 19.8 Å². The van der Waals surface area contributed by atoms with E-state index in [1.807, 2.05) is 0 Å². The molecule has 0 aliphatic heterocycles. The topological polar surface area (TPSA) is 127 Å². The quantitative estimate of drug-likeness (QED) is 0.386. The van der Waals surface area contributed by atoms with E-state index in [4.69, 9.17) is 21.7 Å². The van der Waals surface area contributed by atoms with Gasteiger partial charge in [0.25, 0.3) is 0 Å². The van der Waals surface area contributed by atoms with Crippen molar-refractivity contribution in [1.82, 2.24) is 0 Å². The Bertz CT molecular complexity index is 122.